The van der Waals surface area contributed by atoms with Gasteiger partial charge in [0.25, 0.3) is 0 Å². The molecule has 1 atom stereocenters. The van der Waals surface area contributed by atoms with Crippen LogP contribution >= 0.6 is 0 Å². The molecular weight excluding hydrogens is 242 g/mol. The minimum atomic E-state index is -0.325. The first-order valence-corrected chi connectivity index (χ1v) is 6.49. The third-order valence-corrected chi connectivity index (χ3v) is 3.92. The smallest absolute Gasteiger partial charge is 0.317 e. The normalized spacial score (nSPS) is 21.9. The Morgan fingerprint density at radius 3 is 3.00 bits per heavy atom. The van der Waals surface area contributed by atoms with Crippen molar-refractivity contribution in [1.29, 1.82) is 5.26 Å². The summed E-state index contributed by atoms with van der Waals surface area (Å²) in [4.78, 5) is 12.1. The van der Waals surface area contributed by atoms with Gasteiger partial charge in [0.15, 0.2) is 0 Å². The van der Waals surface area contributed by atoms with Crippen LogP contribution in [-0.4, -0.2) is 19.2 Å². The summed E-state index contributed by atoms with van der Waals surface area (Å²) in [6.45, 7) is 0.710. The van der Waals surface area contributed by atoms with Crippen molar-refractivity contribution in [3.8, 4) is 11.8 Å². The molecule has 1 heterocycles. The van der Waals surface area contributed by atoms with Crippen LogP contribution in [0.3, 0.4) is 0 Å². The van der Waals surface area contributed by atoms with Crippen molar-refractivity contribution in [2.75, 3.05) is 13.2 Å². The molecule has 98 valence electrons. The van der Waals surface area contributed by atoms with E-state index < -0.39 is 0 Å². The topological polar surface area (TPSA) is 59.3 Å². The van der Waals surface area contributed by atoms with Crippen molar-refractivity contribution in [2.45, 2.75) is 25.2 Å². The second kappa shape index (κ2) is 4.58. The predicted octanol–water partition coefficient (Wildman–Crippen LogP) is 2.40. The number of rotatable bonds is 4. The van der Waals surface area contributed by atoms with E-state index in [1.165, 1.54) is 0 Å². The number of nitriles is 1. The van der Waals surface area contributed by atoms with Gasteiger partial charge in [-0.1, -0.05) is 18.2 Å². The van der Waals surface area contributed by atoms with E-state index in [0.717, 1.165) is 24.2 Å². The molecule has 2 aliphatic rings. The lowest BCUT2D eigenvalue weighted by molar-refractivity contribution is -0.147. The molecule has 0 saturated heterocycles. The van der Waals surface area contributed by atoms with Crippen LogP contribution in [0.2, 0.25) is 0 Å². The molecule has 1 aliphatic carbocycles. The summed E-state index contributed by atoms with van der Waals surface area (Å²) in [7, 11) is 0. The molecule has 0 amide bonds. The summed E-state index contributed by atoms with van der Waals surface area (Å²) in [5.41, 5.74) is 0.835. The van der Waals surface area contributed by atoms with Gasteiger partial charge in [0.2, 0.25) is 0 Å². The number of hydrogen-bond donors (Lipinski definition) is 0. The Labute approximate surface area is 111 Å². The Kier molecular flexibility index (Phi) is 2.90. The first kappa shape index (κ1) is 12.0. The molecule has 1 aromatic rings. The summed E-state index contributed by atoms with van der Waals surface area (Å²) in [6.07, 6.45) is 2.43. The van der Waals surface area contributed by atoms with E-state index in [-0.39, 0.29) is 17.3 Å². The van der Waals surface area contributed by atoms with Gasteiger partial charge >= 0.3 is 5.97 Å². The second-order valence-corrected chi connectivity index (χ2v) is 5.34. The fourth-order valence-electron chi connectivity index (χ4n) is 2.40. The Morgan fingerprint density at radius 1 is 1.47 bits per heavy atom. The number of para-hydroxylation sites is 1. The number of nitrogens with zero attached hydrogens (tertiary/aromatic N) is 1. The summed E-state index contributed by atoms with van der Waals surface area (Å²) < 4.78 is 10.9. The zero-order valence-electron chi connectivity index (χ0n) is 10.6. The van der Waals surface area contributed by atoms with Gasteiger partial charge < -0.3 is 9.47 Å². The maximum Gasteiger partial charge on any atom is 0.317 e. The van der Waals surface area contributed by atoms with Crippen LogP contribution in [0.25, 0.3) is 0 Å². The highest BCUT2D eigenvalue weighted by Crippen LogP contribution is 2.49. The summed E-state index contributed by atoms with van der Waals surface area (Å²) >= 11 is 0. The lowest BCUT2D eigenvalue weighted by Crippen LogP contribution is -2.21. The van der Waals surface area contributed by atoms with Crippen LogP contribution in [0.15, 0.2) is 24.3 Å². The SMILES string of the molecule is N#CCC1(COC(=O)C2COc3ccccc32)CC1. The molecule has 0 N–H and O–H groups in total. The lowest BCUT2D eigenvalue weighted by atomic mass is 10.0. The van der Waals surface area contributed by atoms with Crippen molar-refractivity contribution >= 4 is 5.97 Å². The number of ether oxygens (including phenoxy) is 2. The van der Waals surface area contributed by atoms with Gasteiger partial charge in [0, 0.05) is 17.4 Å². The number of fused-ring (bicyclic) bond motifs is 1. The van der Waals surface area contributed by atoms with Gasteiger partial charge in [0.1, 0.15) is 18.3 Å². The van der Waals surface area contributed by atoms with Crippen LogP contribution in [0.4, 0.5) is 0 Å². The maximum absolute atomic E-state index is 12.1. The molecule has 1 fully saturated rings. The monoisotopic (exact) mass is 257 g/mol. The highest BCUT2D eigenvalue weighted by atomic mass is 16.5. The Balaban J connectivity index is 1.62. The Bertz CT molecular complexity index is 543. The lowest BCUT2D eigenvalue weighted by Gasteiger charge is -2.14. The molecule has 4 heteroatoms. The van der Waals surface area contributed by atoms with Crippen molar-refractivity contribution in [3.63, 3.8) is 0 Å². The zero-order chi connectivity index (χ0) is 13.3. The zero-order valence-corrected chi connectivity index (χ0v) is 10.6. The number of esters is 1. The molecule has 0 aromatic heterocycles. The van der Waals surface area contributed by atoms with E-state index in [1.54, 1.807) is 0 Å². The second-order valence-electron chi connectivity index (χ2n) is 5.34. The van der Waals surface area contributed by atoms with Gasteiger partial charge in [-0.15, -0.1) is 0 Å². The van der Waals surface area contributed by atoms with E-state index in [0.29, 0.717) is 19.6 Å². The van der Waals surface area contributed by atoms with Gasteiger partial charge in [0.05, 0.1) is 12.7 Å². The molecule has 1 aromatic carbocycles. The third kappa shape index (κ3) is 2.28. The highest BCUT2D eigenvalue weighted by Gasteiger charge is 2.44. The van der Waals surface area contributed by atoms with Crippen LogP contribution in [0.1, 0.15) is 30.7 Å². The quantitative estimate of drug-likeness (QED) is 0.777. The van der Waals surface area contributed by atoms with Crippen LogP contribution in [0, 0.1) is 16.7 Å². The van der Waals surface area contributed by atoms with Crippen molar-refractivity contribution in [3.05, 3.63) is 29.8 Å². The molecular formula is C15H15NO3. The molecule has 1 saturated carbocycles. The molecule has 3 rings (SSSR count). The van der Waals surface area contributed by atoms with Crippen LogP contribution in [-0.2, 0) is 9.53 Å². The third-order valence-electron chi connectivity index (χ3n) is 3.92. The maximum atomic E-state index is 12.1. The van der Waals surface area contributed by atoms with Gasteiger partial charge in [-0.2, -0.15) is 5.26 Å². The molecule has 0 radical (unpaired) electrons. The number of hydrogen-bond acceptors (Lipinski definition) is 4. The van der Waals surface area contributed by atoms with Crippen LogP contribution in [0.5, 0.6) is 5.75 Å². The van der Waals surface area contributed by atoms with E-state index in [9.17, 15) is 4.79 Å². The van der Waals surface area contributed by atoms with E-state index in [4.69, 9.17) is 14.7 Å². The van der Waals surface area contributed by atoms with Gasteiger partial charge in [-0.3, -0.25) is 4.79 Å². The van der Waals surface area contributed by atoms with Crippen molar-refractivity contribution in [1.82, 2.24) is 0 Å². The van der Waals surface area contributed by atoms with Gasteiger partial charge in [-0.05, 0) is 18.9 Å². The minimum Gasteiger partial charge on any atom is -0.492 e. The van der Waals surface area contributed by atoms with E-state index >= 15 is 0 Å². The fraction of sp³-hybridized carbons (Fsp3) is 0.467. The van der Waals surface area contributed by atoms with E-state index in [2.05, 4.69) is 6.07 Å². The van der Waals surface area contributed by atoms with Crippen molar-refractivity contribution < 1.29 is 14.3 Å². The highest BCUT2D eigenvalue weighted by molar-refractivity contribution is 5.80. The Hall–Kier alpha value is -2.02. The molecule has 1 aliphatic heterocycles. The predicted molar refractivity (Wildman–Crippen MR) is 67.5 cm³/mol. The van der Waals surface area contributed by atoms with Crippen LogP contribution < -0.4 is 4.74 Å². The largest absolute Gasteiger partial charge is 0.492 e. The Morgan fingerprint density at radius 2 is 2.26 bits per heavy atom. The average molecular weight is 257 g/mol. The summed E-state index contributed by atoms with van der Waals surface area (Å²) in [6, 6.07) is 9.71. The summed E-state index contributed by atoms with van der Waals surface area (Å²) in [5.74, 6) is 0.200. The first-order valence-electron chi connectivity index (χ1n) is 6.49. The number of benzene rings is 1. The molecule has 0 spiro atoms. The van der Waals surface area contributed by atoms with Crippen molar-refractivity contribution in [2.24, 2.45) is 5.41 Å². The van der Waals surface area contributed by atoms with E-state index in [1.807, 2.05) is 24.3 Å². The van der Waals surface area contributed by atoms with Gasteiger partial charge in [-0.25, -0.2) is 0 Å². The molecule has 4 nitrogen and oxygen atoms in total. The molecule has 19 heavy (non-hydrogen) atoms. The minimum absolute atomic E-state index is 0.0661. The fourth-order valence-corrected chi connectivity index (χ4v) is 2.40. The molecule has 0 bridgehead atoms. The summed E-state index contributed by atoms with van der Waals surface area (Å²) in [5, 5.41) is 8.74. The molecule has 1 unspecified atom stereocenters. The average Bonchev–Trinajstić information content (AvgIpc) is 3.05. The number of carbonyl (C=O) groups excluding carboxylic acids is 1. The number of carbonyl (C=O) groups is 1. The first-order chi connectivity index (χ1) is 9.24. The standard InChI is InChI=1S/C15H15NO3/c16-8-7-15(5-6-15)10-19-14(17)12-9-18-13-4-2-1-3-11(12)13/h1-4,12H,5-7,9-10H2.